The van der Waals surface area contributed by atoms with Crippen LogP contribution in [-0.4, -0.2) is 68.5 Å². The Morgan fingerprint density at radius 1 is 0.468 bits per heavy atom. The number of carbonyl (C=O) groups is 1. The Kier molecular flexibility index (Phi) is 57.5. The molecule has 0 bridgehead atoms. The quantitative estimate of drug-likeness (QED) is 0.0272. The Hall–Kier alpha value is -1.80. The zero-order valence-corrected chi connectivity index (χ0v) is 52.6. The van der Waals surface area contributed by atoms with Crippen LogP contribution < -0.4 is 10.2 Å². The summed E-state index contributed by atoms with van der Waals surface area (Å²) < 4.78 is 23.4. The van der Waals surface area contributed by atoms with Gasteiger partial charge in [0, 0.05) is 6.42 Å². The summed E-state index contributed by atoms with van der Waals surface area (Å²) in [6.07, 6.45) is 80.4. The molecule has 0 rings (SSSR count). The molecule has 9 heteroatoms. The van der Waals surface area contributed by atoms with Crippen molar-refractivity contribution in [1.82, 2.24) is 5.32 Å². The van der Waals surface area contributed by atoms with Gasteiger partial charge >= 0.3 is 0 Å². The first-order chi connectivity index (χ1) is 37.5. The van der Waals surface area contributed by atoms with Gasteiger partial charge in [0.05, 0.1) is 39.9 Å². The van der Waals surface area contributed by atoms with Crippen molar-refractivity contribution in [3.8, 4) is 0 Å². The standard InChI is InChI=1S/C68H129N2O6P/c1-6-8-10-12-14-16-18-20-22-24-26-28-30-31-32-33-34-35-36-37-38-39-40-42-44-46-48-50-52-54-56-58-60-62-68(72)69-66(65-76-77(73,74)75-64-63-70(3,4)5)67(71)61-59-57-55-53-51-49-47-45-43-41-29-27-25-23-21-19-17-15-13-11-9-7-2/h8,10,14,16,20,22,26,28,59,61,66-67,71H,6-7,9,11-13,15,17-19,21,23-25,27,29-58,60,62-65H2,1-5H3,(H-,69,72,73,74)/b10-8-,16-14-,22-20-,28-26-,61-59+. The van der Waals surface area contributed by atoms with E-state index in [2.05, 4.69) is 67.8 Å². The maximum atomic E-state index is 13.0. The number of unbranched alkanes of at least 4 members (excludes halogenated alkanes) is 40. The number of allylic oxidation sites excluding steroid dienone is 9. The van der Waals surface area contributed by atoms with E-state index < -0.39 is 20.0 Å². The third kappa shape index (κ3) is 61.7. The number of nitrogens with one attached hydrogen (secondary N) is 1. The summed E-state index contributed by atoms with van der Waals surface area (Å²) in [5.74, 6) is -0.192. The predicted octanol–water partition coefficient (Wildman–Crippen LogP) is 20.2. The Morgan fingerprint density at radius 3 is 1.16 bits per heavy atom. The number of phosphoric ester groups is 1. The largest absolute Gasteiger partial charge is 0.756 e. The zero-order valence-electron chi connectivity index (χ0n) is 51.7. The summed E-state index contributed by atoms with van der Waals surface area (Å²) in [5, 5.41) is 13.9. The minimum absolute atomic E-state index is 0.000231. The first-order valence-corrected chi connectivity index (χ1v) is 34.6. The lowest BCUT2D eigenvalue weighted by Gasteiger charge is -2.29. The lowest BCUT2D eigenvalue weighted by atomic mass is 10.0. The molecule has 0 aromatic rings. The van der Waals surface area contributed by atoms with Crippen molar-refractivity contribution in [2.24, 2.45) is 0 Å². The van der Waals surface area contributed by atoms with Gasteiger partial charge in [0.1, 0.15) is 13.2 Å². The molecule has 0 aromatic carbocycles. The fraction of sp³-hybridized carbons (Fsp3) is 0.838. The molecule has 0 radical (unpaired) electrons. The smallest absolute Gasteiger partial charge is 0.268 e. The van der Waals surface area contributed by atoms with Crippen molar-refractivity contribution in [3.63, 3.8) is 0 Å². The van der Waals surface area contributed by atoms with Crippen molar-refractivity contribution in [2.45, 2.75) is 328 Å². The predicted molar refractivity (Wildman–Crippen MR) is 334 cm³/mol. The Morgan fingerprint density at radius 2 is 0.792 bits per heavy atom. The van der Waals surface area contributed by atoms with Gasteiger partial charge in [0.2, 0.25) is 5.91 Å². The lowest BCUT2D eigenvalue weighted by Crippen LogP contribution is -2.45. The highest BCUT2D eigenvalue weighted by Crippen LogP contribution is 2.38. The number of carbonyl (C=O) groups excluding carboxylic acids is 1. The number of amides is 1. The fourth-order valence-corrected chi connectivity index (χ4v) is 10.6. The molecule has 1 amide bonds. The van der Waals surface area contributed by atoms with E-state index in [9.17, 15) is 19.4 Å². The van der Waals surface area contributed by atoms with E-state index in [0.717, 1.165) is 64.2 Å². The molecule has 0 aromatic heterocycles. The molecule has 0 aliphatic carbocycles. The van der Waals surface area contributed by atoms with E-state index in [4.69, 9.17) is 9.05 Å². The number of nitrogens with zero attached hydrogens (tertiary/aromatic N) is 1. The van der Waals surface area contributed by atoms with E-state index in [1.165, 1.54) is 231 Å². The summed E-state index contributed by atoms with van der Waals surface area (Å²) in [5.41, 5.74) is 0. The summed E-state index contributed by atoms with van der Waals surface area (Å²) in [7, 11) is 1.27. The maximum Gasteiger partial charge on any atom is 0.268 e. The van der Waals surface area contributed by atoms with Crippen LogP contribution in [-0.2, 0) is 18.4 Å². The van der Waals surface area contributed by atoms with Gasteiger partial charge in [-0.25, -0.2) is 0 Å². The average Bonchev–Trinajstić information content (AvgIpc) is 3.39. The summed E-state index contributed by atoms with van der Waals surface area (Å²) in [4.78, 5) is 25.6. The molecular formula is C68H129N2O6P. The van der Waals surface area contributed by atoms with Crippen LogP contribution in [0.1, 0.15) is 316 Å². The molecular weight excluding hydrogens is 972 g/mol. The summed E-state index contributed by atoms with van der Waals surface area (Å²) in [6, 6.07) is -0.888. The second-order valence-corrected chi connectivity index (χ2v) is 25.2. The molecule has 0 aliphatic rings. The van der Waals surface area contributed by atoms with Crippen LogP contribution >= 0.6 is 7.82 Å². The number of aliphatic hydroxyl groups excluding tert-OH is 1. The van der Waals surface area contributed by atoms with Crippen LogP contribution in [0.25, 0.3) is 0 Å². The Labute approximate surface area is 479 Å². The van der Waals surface area contributed by atoms with Gasteiger partial charge in [0.15, 0.2) is 0 Å². The minimum Gasteiger partial charge on any atom is -0.756 e. The van der Waals surface area contributed by atoms with Crippen molar-refractivity contribution in [1.29, 1.82) is 0 Å². The third-order valence-electron chi connectivity index (χ3n) is 15.0. The second-order valence-electron chi connectivity index (χ2n) is 23.8. The van der Waals surface area contributed by atoms with Crippen molar-refractivity contribution in [2.75, 3.05) is 40.9 Å². The zero-order chi connectivity index (χ0) is 56.3. The van der Waals surface area contributed by atoms with E-state index in [1.807, 2.05) is 27.2 Å². The number of phosphoric acid groups is 1. The van der Waals surface area contributed by atoms with Crippen LogP contribution in [0.15, 0.2) is 60.8 Å². The molecule has 0 saturated heterocycles. The number of hydrogen-bond acceptors (Lipinski definition) is 6. The molecule has 0 spiro atoms. The average molecular weight is 1100 g/mol. The number of rotatable bonds is 61. The molecule has 8 nitrogen and oxygen atoms in total. The van der Waals surface area contributed by atoms with Crippen molar-refractivity contribution < 1.29 is 32.9 Å². The van der Waals surface area contributed by atoms with Gasteiger partial charge in [-0.2, -0.15) is 0 Å². The first kappa shape index (κ1) is 75.2. The summed E-state index contributed by atoms with van der Waals surface area (Å²) >= 11 is 0. The van der Waals surface area contributed by atoms with Gasteiger partial charge in [0.25, 0.3) is 7.82 Å². The molecule has 77 heavy (non-hydrogen) atoms. The van der Waals surface area contributed by atoms with Gasteiger partial charge in [-0.1, -0.05) is 312 Å². The molecule has 2 N–H and O–H groups in total. The van der Waals surface area contributed by atoms with Crippen molar-refractivity contribution in [3.05, 3.63) is 60.8 Å². The highest BCUT2D eigenvalue weighted by molar-refractivity contribution is 7.45. The Balaban J connectivity index is 4.05. The molecule has 0 fully saturated rings. The van der Waals surface area contributed by atoms with E-state index in [1.54, 1.807) is 6.08 Å². The van der Waals surface area contributed by atoms with Crippen LogP contribution in [0, 0.1) is 0 Å². The van der Waals surface area contributed by atoms with Crippen LogP contribution in [0.4, 0.5) is 0 Å². The fourth-order valence-electron chi connectivity index (χ4n) is 9.85. The summed E-state index contributed by atoms with van der Waals surface area (Å²) in [6.45, 7) is 4.58. The van der Waals surface area contributed by atoms with Crippen LogP contribution in [0.3, 0.4) is 0 Å². The molecule has 3 atom stereocenters. The Bertz CT molecular complexity index is 1440. The second kappa shape index (κ2) is 58.8. The van der Waals surface area contributed by atoms with Gasteiger partial charge < -0.3 is 28.8 Å². The SMILES string of the molecule is CC/C=C\C/C=C\C/C=C\C/C=C\CCCCCCCCCCCCCCCCCCCCCCC(=O)NC(COP(=O)([O-])OCC[N+](C)(C)C)C(O)/C=C/CCCCCCCCCCCCCCCCCCCCCC. The first-order valence-electron chi connectivity index (χ1n) is 33.2. The van der Waals surface area contributed by atoms with Gasteiger partial charge in [-0.05, 0) is 57.8 Å². The van der Waals surface area contributed by atoms with E-state index >= 15 is 0 Å². The molecule has 0 saturated carbocycles. The van der Waals surface area contributed by atoms with Crippen molar-refractivity contribution >= 4 is 13.7 Å². The number of hydrogen-bond donors (Lipinski definition) is 2. The lowest BCUT2D eigenvalue weighted by molar-refractivity contribution is -0.870. The molecule has 452 valence electrons. The van der Waals surface area contributed by atoms with Crippen LogP contribution in [0.5, 0.6) is 0 Å². The minimum atomic E-state index is -4.60. The molecule has 3 unspecified atom stereocenters. The highest BCUT2D eigenvalue weighted by atomic mass is 31.2. The third-order valence-corrected chi connectivity index (χ3v) is 15.9. The van der Waals surface area contributed by atoms with E-state index in [0.29, 0.717) is 17.4 Å². The molecule has 0 aliphatic heterocycles. The number of likely N-dealkylation sites (N-methyl/N-ethyl adjacent to an activating group) is 1. The topological polar surface area (TPSA) is 108 Å². The van der Waals surface area contributed by atoms with E-state index in [-0.39, 0.29) is 19.1 Å². The normalized spacial score (nSPS) is 14.1. The monoisotopic (exact) mass is 1100 g/mol. The maximum absolute atomic E-state index is 13.0. The van der Waals surface area contributed by atoms with Gasteiger partial charge in [-0.3, -0.25) is 9.36 Å². The number of aliphatic hydroxyl groups is 1. The van der Waals surface area contributed by atoms with Gasteiger partial charge in [-0.15, -0.1) is 0 Å². The van der Waals surface area contributed by atoms with Crippen LogP contribution in [0.2, 0.25) is 0 Å². The highest BCUT2D eigenvalue weighted by Gasteiger charge is 2.23. The molecule has 0 heterocycles. The number of quaternary nitrogens is 1.